The smallest absolute Gasteiger partial charge is 0.0612 e. The maximum absolute atomic E-state index is 6.08. The molecule has 0 radical (unpaired) electrons. The zero-order chi connectivity index (χ0) is 14.8. The fourth-order valence-corrected chi connectivity index (χ4v) is 2.69. The fourth-order valence-electron chi connectivity index (χ4n) is 2.39. The van der Waals surface area contributed by atoms with Crippen LogP contribution in [0.15, 0.2) is 18.2 Å². The Labute approximate surface area is 134 Å². The summed E-state index contributed by atoms with van der Waals surface area (Å²) >= 11 is 12.0. The molecular weight excluding hydrogens is 289 g/mol. The van der Waals surface area contributed by atoms with Gasteiger partial charge in [-0.2, -0.15) is 0 Å². The Morgan fingerprint density at radius 1 is 0.900 bits per heavy atom. The maximum Gasteiger partial charge on any atom is 0.0612 e. The van der Waals surface area contributed by atoms with Gasteiger partial charge in [-0.3, -0.25) is 0 Å². The molecule has 1 N–H and O–H groups in total. The van der Waals surface area contributed by atoms with E-state index in [0.29, 0.717) is 16.1 Å². The Kier molecular flexibility index (Phi) is 9.13. The molecule has 0 atom stereocenters. The number of halogens is 2. The molecule has 0 aliphatic carbocycles. The van der Waals surface area contributed by atoms with Crippen molar-refractivity contribution in [1.29, 1.82) is 0 Å². The molecule has 0 amide bonds. The van der Waals surface area contributed by atoms with Gasteiger partial charge < -0.3 is 5.32 Å². The van der Waals surface area contributed by atoms with Crippen LogP contribution in [0.2, 0.25) is 10.0 Å². The summed E-state index contributed by atoms with van der Waals surface area (Å²) in [6, 6.07) is 6.35. The van der Waals surface area contributed by atoms with E-state index >= 15 is 0 Å². The van der Waals surface area contributed by atoms with Crippen molar-refractivity contribution < 1.29 is 0 Å². The first-order valence-corrected chi connectivity index (χ1v) is 8.64. The van der Waals surface area contributed by atoms with Gasteiger partial charge in [-0.05, 0) is 31.0 Å². The van der Waals surface area contributed by atoms with Crippen LogP contribution in [0.5, 0.6) is 0 Å². The molecule has 0 saturated heterocycles. The third kappa shape index (κ3) is 6.85. The summed E-state index contributed by atoms with van der Waals surface area (Å²) in [5.74, 6) is 0. The van der Waals surface area contributed by atoms with E-state index in [0.717, 1.165) is 5.69 Å². The van der Waals surface area contributed by atoms with Crippen molar-refractivity contribution in [3.63, 3.8) is 0 Å². The maximum atomic E-state index is 6.08. The lowest BCUT2D eigenvalue weighted by Gasteiger charge is -2.20. The molecule has 0 aliphatic heterocycles. The molecule has 1 aromatic carbocycles. The van der Waals surface area contributed by atoms with Gasteiger partial charge in [0.2, 0.25) is 0 Å². The van der Waals surface area contributed by atoms with Crippen LogP contribution in [0.3, 0.4) is 0 Å². The number of unbranched alkanes of at least 4 members (excludes halogenated alkanes) is 4. The van der Waals surface area contributed by atoms with E-state index in [1.807, 2.05) is 18.2 Å². The van der Waals surface area contributed by atoms with Crippen molar-refractivity contribution in [2.24, 2.45) is 0 Å². The monoisotopic (exact) mass is 315 g/mol. The summed E-state index contributed by atoms with van der Waals surface area (Å²) in [4.78, 5) is 0. The molecule has 20 heavy (non-hydrogen) atoms. The molecule has 3 heteroatoms. The van der Waals surface area contributed by atoms with Gasteiger partial charge >= 0.3 is 0 Å². The minimum atomic E-state index is 0.547. The highest BCUT2D eigenvalue weighted by atomic mass is 35.5. The molecule has 0 spiro atoms. The summed E-state index contributed by atoms with van der Waals surface area (Å²) < 4.78 is 0. The number of hydrogen-bond donors (Lipinski definition) is 1. The quantitative estimate of drug-likeness (QED) is 0.461. The van der Waals surface area contributed by atoms with Gasteiger partial charge in [-0.1, -0.05) is 75.6 Å². The van der Waals surface area contributed by atoms with Gasteiger partial charge in [0.25, 0.3) is 0 Å². The highest BCUT2D eigenvalue weighted by molar-refractivity contribution is 6.42. The summed E-state index contributed by atoms with van der Waals surface area (Å²) in [7, 11) is 0. The molecule has 1 nitrogen and oxygen atoms in total. The van der Waals surface area contributed by atoms with Crippen LogP contribution >= 0.6 is 23.2 Å². The zero-order valence-corrected chi connectivity index (χ0v) is 14.2. The predicted molar refractivity (Wildman–Crippen MR) is 92.2 cm³/mol. The number of anilines is 1. The van der Waals surface area contributed by atoms with E-state index in [9.17, 15) is 0 Å². The Morgan fingerprint density at radius 2 is 1.50 bits per heavy atom. The average Bonchev–Trinajstić information content (AvgIpc) is 2.43. The molecular formula is C17H27Cl2N. The van der Waals surface area contributed by atoms with Crippen molar-refractivity contribution in [1.82, 2.24) is 0 Å². The highest BCUT2D eigenvalue weighted by Gasteiger charge is 2.09. The lowest BCUT2D eigenvalue weighted by atomic mass is 10.0. The first kappa shape index (κ1) is 17.7. The Bertz CT molecular complexity index is 369. The lowest BCUT2D eigenvalue weighted by molar-refractivity contribution is 0.526. The fraction of sp³-hybridized carbons (Fsp3) is 0.647. The number of benzene rings is 1. The second-order valence-corrected chi connectivity index (χ2v) is 6.28. The largest absolute Gasteiger partial charge is 0.382 e. The van der Waals surface area contributed by atoms with Crippen LogP contribution in [0.25, 0.3) is 0 Å². The van der Waals surface area contributed by atoms with E-state index in [1.165, 1.54) is 51.4 Å². The van der Waals surface area contributed by atoms with Crippen LogP contribution in [-0.4, -0.2) is 6.04 Å². The van der Waals surface area contributed by atoms with Crippen molar-refractivity contribution in [2.75, 3.05) is 5.32 Å². The van der Waals surface area contributed by atoms with Gasteiger partial charge in [0.1, 0.15) is 0 Å². The van der Waals surface area contributed by atoms with Crippen LogP contribution in [0.1, 0.15) is 65.2 Å². The zero-order valence-electron chi connectivity index (χ0n) is 12.7. The second kappa shape index (κ2) is 10.3. The molecule has 0 bridgehead atoms. The summed E-state index contributed by atoms with van der Waals surface area (Å²) in [5, 5.41) is 4.86. The van der Waals surface area contributed by atoms with E-state index in [1.54, 1.807) is 0 Å². The van der Waals surface area contributed by atoms with Gasteiger partial charge in [0.05, 0.1) is 10.0 Å². The Morgan fingerprint density at radius 3 is 2.00 bits per heavy atom. The first-order valence-electron chi connectivity index (χ1n) is 7.89. The molecule has 114 valence electrons. The van der Waals surface area contributed by atoms with Gasteiger partial charge in [-0.25, -0.2) is 0 Å². The van der Waals surface area contributed by atoms with Gasteiger partial charge in [0, 0.05) is 11.7 Å². The third-order valence-electron chi connectivity index (χ3n) is 3.60. The SMILES string of the molecule is CCCCCC(CCCCC)Nc1ccc(Cl)c(Cl)c1. The molecule has 0 aromatic heterocycles. The Balaban J connectivity index is 2.54. The van der Waals surface area contributed by atoms with Gasteiger partial charge in [-0.15, -0.1) is 0 Å². The van der Waals surface area contributed by atoms with Gasteiger partial charge in [0.15, 0.2) is 0 Å². The highest BCUT2D eigenvalue weighted by Crippen LogP contribution is 2.26. The lowest BCUT2D eigenvalue weighted by Crippen LogP contribution is -2.19. The van der Waals surface area contributed by atoms with E-state index in [2.05, 4.69) is 19.2 Å². The minimum absolute atomic E-state index is 0.547. The standard InChI is InChI=1S/C17H27Cl2N/c1-3-5-7-9-14(10-8-6-4-2)20-15-11-12-16(18)17(19)13-15/h11-14,20H,3-10H2,1-2H3. The minimum Gasteiger partial charge on any atom is -0.382 e. The van der Waals surface area contributed by atoms with E-state index in [-0.39, 0.29) is 0 Å². The van der Waals surface area contributed by atoms with Crippen LogP contribution in [0, 0.1) is 0 Å². The topological polar surface area (TPSA) is 12.0 Å². The van der Waals surface area contributed by atoms with Crippen molar-refractivity contribution in [3.8, 4) is 0 Å². The van der Waals surface area contributed by atoms with Crippen molar-refractivity contribution in [2.45, 2.75) is 71.3 Å². The van der Waals surface area contributed by atoms with E-state index in [4.69, 9.17) is 23.2 Å². The molecule has 0 unspecified atom stereocenters. The molecule has 0 saturated carbocycles. The second-order valence-electron chi connectivity index (χ2n) is 5.46. The summed E-state index contributed by atoms with van der Waals surface area (Å²) in [5.41, 5.74) is 1.08. The Hall–Kier alpha value is -0.400. The molecule has 0 heterocycles. The normalized spacial score (nSPS) is 11.1. The number of hydrogen-bond acceptors (Lipinski definition) is 1. The number of nitrogens with one attached hydrogen (secondary N) is 1. The molecule has 0 aliphatic rings. The third-order valence-corrected chi connectivity index (χ3v) is 4.34. The van der Waals surface area contributed by atoms with E-state index < -0.39 is 0 Å². The summed E-state index contributed by atoms with van der Waals surface area (Å²) in [6.07, 6.45) is 10.2. The number of rotatable bonds is 10. The van der Waals surface area contributed by atoms with Crippen LogP contribution in [0.4, 0.5) is 5.69 Å². The molecule has 1 rings (SSSR count). The molecule has 0 fully saturated rings. The average molecular weight is 316 g/mol. The molecule has 1 aromatic rings. The van der Waals surface area contributed by atoms with Crippen molar-refractivity contribution >= 4 is 28.9 Å². The van der Waals surface area contributed by atoms with Crippen LogP contribution in [-0.2, 0) is 0 Å². The van der Waals surface area contributed by atoms with Crippen LogP contribution < -0.4 is 5.32 Å². The first-order chi connectivity index (χ1) is 9.67. The van der Waals surface area contributed by atoms with Crippen molar-refractivity contribution in [3.05, 3.63) is 28.2 Å². The predicted octanol–water partition coefficient (Wildman–Crippen LogP) is 6.93. The summed E-state index contributed by atoms with van der Waals surface area (Å²) in [6.45, 7) is 4.50.